The van der Waals surface area contributed by atoms with Gasteiger partial charge in [0.2, 0.25) is 0 Å². The van der Waals surface area contributed by atoms with Crippen molar-refractivity contribution in [2.45, 2.75) is 33.1 Å². The second-order valence-electron chi connectivity index (χ2n) is 3.17. The molecule has 0 saturated heterocycles. The topological polar surface area (TPSA) is 26.0 Å². The molecule has 0 spiro atoms. The van der Waals surface area contributed by atoms with E-state index in [1.807, 2.05) is 6.07 Å². The zero-order valence-electron chi connectivity index (χ0n) is 7.37. The van der Waals surface area contributed by atoms with Gasteiger partial charge in [-0.15, -0.1) is 0 Å². The maximum absolute atomic E-state index is 5.10. The first-order valence-corrected chi connectivity index (χ1v) is 4.16. The zero-order chi connectivity index (χ0) is 8.27. The summed E-state index contributed by atoms with van der Waals surface area (Å²) in [7, 11) is 0. The van der Waals surface area contributed by atoms with Gasteiger partial charge in [-0.2, -0.15) is 0 Å². The predicted octanol–water partition coefficient (Wildman–Crippen LogP) is 2.82. The van der Waals surface area contributed by atoms with Crippen molar-refractivity contribution in [3.8, 4) is 0 Å². The lowest BCUT2D eigenvalue weighted by molar-refractivity contribution is 0.324. The first-order valence-electron chi connectivity index (χ1n) is 4.16. The van der Waals surface area contributed by atoms with Crippen molar-refractivity contribution >= 4 is 0 Å². The van der Waals surface area contributed by atoms with E-state index in [0.29, 0.717) is 11.8 Å². The molecule has 2 heteroatoms. The SMILES string of the molecule is CCC(c1ccno1)C(C)C. The summed E-state index contributed by atoms with van der Waals surface area (Å²) in [4.78, 5) is 0. The summed E-state index contributed by atoms with van der Waals surface area (Å²) in [6.07, 6.45) is 2.83. The molecule has 0 aromatic carbocycles. The molecule has 62 valence electrons. The van der Waals surface area contributed by atoms with E-state index >= 15 is 0 Å². The number of aromatic nitrogens is 1. The maximum Gasteiger partial charge on any atom is 0.140 e. The van der Waals surface area contributed by atoms with Gasteiger partial charge >= 0.3 is 0 Å². The summed E-state index contributed by atoms with van der Waals surface area (Å²) >= 11 is 0. The fraction of sp³-hybridized carbons (Fsp3) is 0.667. The van der Waals surface area contributed by atoms with Crippen LogP contribution in [0.2, 0.25) is 0 Å². The first kappa shape index (κ1) is 8.31. The summed E-state index contributed by atoms with van der Waals surface area (Å²) in [5.41, 5.74) is 0. The summed E-state index contributed by atoms with van der Waals surface area (Å²) in [6, 6.07) is 1.95. The quantitative estimate of drug-likeness (QED) is 0.667. The van der Waals surface area contributed by atoms with Crippen LogP contribution in [0, 0.1) is 5.92 Å². The van der Waals surface area contributed by atoms with Crippen LogP contribution < -0.4 is 0 Å². The van der Waals surface area contributed by atoms with Crippen molar-refractivity contribution < 1.29 is 4.52 Å². The molecular formula is C9H15NO. The van der Waals surface area contributed by atoms with Gasteiger partial charge in [-0.25, -0.2) is 0 Å². The molecule has 0 saturated carbocycles. The Labute approximate surface area is 67.6 Å². The van der Waals surface area contributed by atoms with Gasteiger partial charge in [0.25, 0.3) is 0 Å². The van der Waals surface area contributed by atoms with E-state index in [2.05, 4.69) is 25.9 Å². The summed E-state index contributed by atoms with van der Waals surface area (Å²) in [5, 5.41) is 3.70. The number of nitrogens with zero attached hydrogens (tertiary/aromatic N) is 1. The smallest absolute Gasteiger partial charge is 0.140 e. The molecule has 1 rings (SSSR count). The largest absolute Gasteiger partial charge is 0.361 e. The Morgan fingerprint density at radius 3 is 2.64 bits per heavy atom. The molecule has 1 heterocycles. The maximum atomic E-state index is 5.10. The Kier molecular flexibility index (Phi) is 2.69. The third-order valence-corrected chi connectivity index (χ3v) is 2.07. The standard InChI is InChI=1S/C9H15NO/c1-4-8(7(2)3)9-5-6-10-11-9/h5-8H,4H2,1-3H3. The average Bonchev–Trinajstić information content (AvgIpc) is 2.40. The lowest BCUT2D eigenvalue weighted by Gasteiger charge is -2.14. The second kappa shape index (κ2) is 3.56. The fourth-order valence-corrected chi connectivity index (χ4v) is 1.42. The lowest BCUT2D eigenvalue weighted by Crippen LogP contribution is -2.03. The monoisotopic (exact) mass is 153 g/mol. The van der Waals surface area contributed by atoms with Crippen LogP contribution in [0.25, 0.3) is 0 Å². The Morgan fingerprint density at radius 1 is 1.55 bits per heavy atom. The molecule has 0 aliphatic rings. The van der Waals surface area contributed by atoms with E-state index in [4.69, 9.17) is 4.52 Å². The van der Waals surface area contributed by atoms with Crippen LogP contribution in [0.4, 0.5) is 0 Å². The first-order chi connectivity index (χ1) is 5.25. The molecule has 1 unspecified atom stereocenters. The van der Waals surface area contributed by atoms with Crippen molar-refractivity contribution in [1.29, 1.82) is 0 Å². The number of hydrogen-bond acceptors (Lipinski definition) is 2. The summed E-state index contributed by atoms with van der Waals surface area (Å²) < 4.78 is 5.10. The van der Waals surface area contributed by atoms with E-state index in [1.54, 1.807) is 6.20 Å². The molecule has 0 aliphatic heterocycles. The molecule has 0 amide bonds. The van der Waals surface area contributed by atoms with E-state index < -0.39 is 0 Å². The number of hydrogen-bond donors (Lipinski definition) is 0. The Morgan fingerprint density at radius 2 is 2.27 bits per heavy atom. The highest BCUT2D eigenvalue weighted by Gasteiger charge is 2.16. The summed E-state index contributed by atoms with van der Waals surface area (Å²) in [6.45, 7) is 6.58. The van der Waals surface area contributed by atoms with Gasteiger partial charge in [-0.05, 0) is 12.3 Å². The van der Waals surface area contributed by atoms with Crippen molar-refractivity contribution in [2.75, 3.05) is 0 Å². The normalized spacial score (nSPS) is 13.8. The Balaban J connectivity index is 2.71. The van der Waals surface area contributed by atoms with Crippen LogP contribution in [0.15, 0.2) is 16.8 Å². The van der Waals surface area contributed by atoms with Gasteiger partial charge in [0.1, 0.15) is 5.76 Å². The highest BCUT2D eigenvalue weighted by Crippen LogP contribution is 2.26. The highest BCUT2D eigenvalue weighted by atomic mass is 16.5. The van der Waals surface area contributed by atoms with Crippen LogP contribution >= 0.6 is 0 Å². The van der Waals surface area contributed by atoms with Crippen molar-refractivity contribution in [3.05, 3.63) is 18.0 Å². The summed E-state index contributed by atoms with van der Waals surface area (Å²) in [5.74, 6) is 2.17. The van der Waals surface area contributed by atoms with Gasteiger partial charge in [-0.3, -0.25) is 0 Å². The van der Waals surface area contributed by atoms with Gasteiger partial charge in [0.05, 0.1) is 6.20 Å². The molecule has 1 atom stereocenters. The zero-order valence-corrected chi connectivity index (χ0v) is 7.37. The van der Waals surface area contributed by atoms with Gasteiger partial charge in [0.15, 0.2) is 0 Å². The predicted molar refractivity (Wildman–Crippen MR) is 44.4 cm³/mol. The molecule has 1 aromatic heterocycles. The molecule has 11 heavy (non-hydrogen) atoms. The molecule has 0 fully saturated rings. The van der Waals surface area contributed by atoms with E-state index in [1.165, 1.54) is 0 Å². The Bertz CT molecular complexity index is 191. The van der Waals surface area contributed by atoms with Gasteiger partial charge < -0.3 is 4.52 Å². The van der Waals surface area contributed by atoms with Crippen LogP contribution in [-0.2, 0) is 0 Å². The van der Waals surface area contributed by atoms with Gasteiger partial charge in [0, 0.05) is 12.0 Å². The van der Waals surface area contributed by atoms with Crippen molar-refractivity contribution in [3.63, 3.8) is 0 Å². The molecule has 1 aromatic rings. The molecule has 2 nitrogen and oxygen atoms in total. The minimum absolute atomic E-state index is 0.525. The van der Waals surface area contributed by atoms with Crippen LogP contribution in [-0.4, -0.2) is 5.16 Å². The average molecular weight is 153 g/mol. The molecule has 0 N–H and O–H groups in total. The van der Waals surface area contributed by atoms with E-state index in [-0.39, 0.29) is 0 Å². The van der Waals surface area contributed by atoms with Crippen LogP contribution in [0.1, 0.15) is 38.9 Å². The fourth-order valence-electron chi connectivity index (χ4n) is 1.42. The minimum Gasteiger partial charge on any atom is -0.361 e. The Hall–Kier alpha value is -0.790. The number of rotatable bonds is 3. The van der Waals surface area contributed by atoms with E-state index in [9.17, 15) is 0 Å². The molecule has 0 radical (unpaired) electrons. The third-order valence-electron chi connectivity index (χ3n) is 2.07. The molecule has 0 aliphatic carbocycles. The second-order valence-corrected chi connectivity index (χ2v) is 3.17. The van der Waals surface area contributed by atoms with Crippen LogP contribution in [0.5, 0.6) is 0 Å². The van der Waals surface area contributed by atoms with Gasteiger partial charge in [-0.1, -0.05) is 25.9 Å². The highest BCUT2D eigenvalue weighted by molar-refractivity contribution is 5.02. The molecular weight excluding hydrogens is 138 g/mol. The minimum atomic E-state index is 0.525. The lowest BCUT2D eigenvalue weighted by atomic mass is 9.91. The van der Waals surface area contributed by atoms with Crippen molar-refractivity contribution in [1.82, 2.24) is 5.16 Å². The third kappa shape index (κ3) is 1.82. The van der Waals surface area contributed by atoms with Crippen molar-refractivity contribution in [2.24, 2.45) is 5.92 Å². The van der Waals surface area contributed by atoms with Crippen LogP contribution in [0.3, 0.4) is 0 Å². The molecule has 0 bridgehead atoms. The van der Waals surface area contributed by atoms with E-state index in [0.717, 1.165) is 12.2 Å².